The first-order valence-corrected chi connectivity index (χ1v) is 7.51. The van der Waals surface area contributed by atoms with E-state index in [9.17, 15) is 9.59 Å². The van der Waals surface area contributed by atoms with Crippen LogP contribution >= 0.6 is 0 Å². The summed E-state index contributed by atoms with van der Waals surface area (Å²) in [6.07, 6.45) is 0. The molecule has 0 saturated heterocycles. The van der Waals surface area contributed by atoms with Crippen LogP contribution in [-0.2, 0) is 17.9 Å². The fraction of sp³-hybridized carbons (Fsp3) is 0.222. The lowest BCUT2D eigenvalue weighted by Gasteiger charge is -2.15. The molecule has 0 saturated carbocycles. The van der Waals surface area contributed by atoms with Gasteiger partial charge in [0.05, 0.1) is 17.6 Å². The summed E-state index contributed by atoms with van der Waals surface area (Å²) in [5, 5.41) is 0. The highest BCUT2D eigenvalue weighted by molar-refractivity contribution is 5.75. The van der Waals surface area contributed by atoms with Crippen LogP contribution in [0.5, 0.6) is 0 Å². The molecule has 23 heavy (non-hydrogen) atoms. The summed E-state index contributed by atoms with van der Waals surface area (Å²) in [6, 6.07) is 15.6. The van der Waals surface area contributed by atoms with Gasteiger partial charge in [0, 0.05) is 20.5 Å². The van der Waals surface area contributed by atoms with Crippen molar-refractivity contribution in [3.8, 4) is 0 Å². The minimum atomic E-state index is -0.105. The molecular weight excluding hydrogens is 290 g/mol. The Kier molecular flexibility index (Phi) is 4.02. The second-order valence-electron chi connectivity index (χ2n) is 5.73. The van der Waals surface area contributed by atoms with Gasteiger partial charge in [-0.2, -0.15) is 0 Å². The SMILES string of the molecule is CC(=O)N(C)Cc1ccc(Cn2c(=O)[nH]c3ccccc32)cc1. The third kappa shape index (κ3) is 3.18. The molecule has 118 valence electrons. The average Bonchev–Trinajstić information content (AvgIpc) is 2.85. The number of nitrogens with one attached hydrogen (secondary N) is 1. The van der Waals surface area contributed by atoms with Gasteiger partial charge in [0.25, 0.3) is 0 Å². The number of nitrogens with zero attached hydrogens (tertiary/aromatic N) is 2. The Balaban J connectivity index is 1.81. The van der Waals surface area contributed by atoms with Gasteiger partial charge in [0.15, 0.2) is 0 Å². The minimum absolute atomic E-state index is 0.0411. The van der Waals surface area contributed by atoms with Crippen molar-refractivity contribution in [2.45, 2.75) is 20.0 Å². The van der Waals surface area contributed by atoms with Crippen LogP contribution in [0.3, 0.4) is 0 Å². The number of amides is 1. The maximum Gasteiger partial charge on any atom is 0.326 e. The molecule has 0 atom stereocenters. The molecule has 0 aliphatic rings. The Morgan fingerprint density at radius 2 is 1.74 bits per heavy atom. The van der Waals surface area contributed by atoms with E-state index in [1.165, 1.54) is 0 Å². The highest BCUT2D eigenvalue weighted by Gasteiger charge is 2.07. The maximum absolute atomic E-state index is 12.1. The molecule has 1 heterocycles. The molecule has 3 aromatic rings. The van der Waals surface area contributed by atoms with Gasteiger partial charge in [-0.1, -0.05) is 36.4 Å². The molecule has 5 nitrogen and oxygen atoms in total. The van der Waals surface area contributed by atoms with Crippen molar-refractivity contribution < 1.29 is 4.79 Å². The summed E-state index contributed by atoms with van der Waals surface area (Å²) >= 11 is 0. The highest BCUT2D eigenvalue weighted by Crippen LogP contribution is 2.13. The van der Waals surface area contributed by atoms with Crippen molar-refractivity contribution in [1.29, 1.82) is 0 Å². The van der Waals surface area contributed by atoms with Crippen molar-refractivity contribution in [3.63, 3.8) is 0 Å². The third-order valence-electron chi connectivity index (χ3n) is 4.00. The Labute approximate surface area is 134 Å². The summed E-state index contributed by atoms with van der Waals surface area (Å²) in [4.78, 5) is 27.9. The normalized spacial score (nSPS) is 10.9. The van der Waals surface area contributed by atoms with Gasteiger partial charge in [-0.25, -0.2) is 4.79 Å². The van der Waals surface area contributed by atoms with Crippen LogP contribution in [0.2, 0.25) is 0 Å². The van der Waals surface area contributed by atoms with E-state index in [4.69, 9.17) is 0 Å². The van der Waals surface area contributed by atoms with Crippen LogP contribution in [0.1, 0.15) is 18.1 Å². The van der Waals surface area contributed by atoms with Gasteiger partial charge < -0.3 is 9.88 Å². The van der Waals surface area contributed by atoms with Crippen molar-refractivity contribution in [2.24, 2.45) is 0 Å². The van der Waals surface area contributed by atoms with Gasteiger partial charge >= 0.3 is 5.69 Å². The fourth-order valence-corrected chi connectivity index (χ4v) is 2.58. The molecule has 0 spiro atoms. The third-order valence-corrected chi connectivity index (χ3v) is 4.00. The summed E-state index contributed by atoms with van der Waals surface area (Å²) in [5.41, 5.74) is 3.76. The first kappa shape index (κ1) is 15.1. The van der Waals surface area contributed by atoms with E-state index < -0.39 is 0 Å². The topological polar surface area (TPSA) is 58.1 Å². The molecule has 0 aliphatic carbocycles. The zero-order valence-electron chi connectivity index (χ0n) is 13.2. The molecule has 1 aromatic heterocycles. The number of aromatic amines is 1. The summed E-state index contributed by atoms with van der Waals surface area (Å²) in [6.45, 7) is 2.66. The second kappa shape index (κ2) is 6.12. The van der Waals surface area contributed by atoms with E-state index in [-0.39, 0.29) is 11.6 Å². The van der Waals surface area contributed by atoms with Gasteiger partial charge in [-0.15, -0.1) is 0 Å². The largest absolute Gasteiger partial charge is 0.342 e. The standard InChI is InChI=1S/C18H19N3O2/c1-13(22)20(2)11-14-7-9-15(10-8-14)12-21-17-6-4-3-5-16(17)19-18(21)23/h3-10H,11-12H2,1-2H3,(H,19,23). The number of para-hydroxylation sites is 2. The predicted molar refractivity (Wildman–Crippen MR) is 90.3 cm³/mol. The number of rotatable bonds is 4. The number of benzene rings is 2. The number of fused-ring (bicyclic) bond motifs is 1. The second-order valence-corrected chi connectivity index (χ2v) is 5.73. The number of carbonyl (C=O) groups is 1. The molecule has 1 amide bonds. The Bertz CT molecular complexity index is 891. The van der Waals surface area contributed by atoms with Gasteiger partial charge in [0.2, 0.25) is 5.91 Å². The first-order valence-electron chi connectivity index (χ1n) is 7.51. The van der Waals surface area contributed by atoms with E-state index in [0.717, 1.165) is 22.2 Å². The molecule has 0 bridgehead atoms. The molecule has 0 aliphatic heterocycles. The highest BCUT2D eigenvalue weighted by atomic mass is 16.2. The zero-order chi connectivity index (χ0) is 16.4. The lowest BCUT2D eigenvalue weighted by molar-refractivity contribution is -0.128. The average molecular weight is 309 g/mol. The quantitative estimate of drug-likeness (QED) is 0.804. The van der Waals surface area contributed by atoms with E-state index in [0.29, 0.717) is 13.1 Å². The maximum atomic E-state index is 12.1. The lowest BCUT2D eigenvalue weighted by Crippen LogP contribution is -2.23. The van der Waals surface area contributed by atoms with Gasteiger partial charge in [-0.3, -0.25) is 9.36 Å². The number of hydrogen-bond donors (Lipinski definition) is 1. The molecule has 0 unspecified atom stereocenters. The predicted octanol–water partition coefficient (Wildman–Crippen LogP) is 2.36. The fourth-order valence-electron chi connectivity index (χ4n) is 2.58. The van der Waals surface area contributed by atoms with Crippen LogP contribution in [0.15, 0.2) is 53.3 Å². The molecule has 3 rings (SSSR count). The smallest absolute Gasteiger partial charge is 0.326 e. The van der Waals surface area contributed by atoms with Crippen LogP contribution in [0.4, 0.5) is 0 Å². The van der Waals surface area contributed by atoms with E-state index >= 15 is 0 Å². The van der Waals surface area contributed by atoms with Crippen molar-refractivity contribution in [2.75, 3.05) is 7.05 Å². The number of aromatic nitrogens is 2. The number of H-pyrrole nitrogens is 1. The first-order chi connectivity index (χ1) is 11.0. The summed E-state index contributed by atoms with van der Waals surface area (Å²) in [7, 11) is 1.78. The van der Waals surface area contributed by atoms with E-state index in [2.05, 4.69) is 4.98 Å². The van der Waals surface area contributed by atoms with Crippen molar-refractivity contribution in [1.82, 2.24) is 14.5 Å². The number of hydrogen-bond acceptors (Lipinski definition) is 2. The monoisotopic (exact) mass is 309 g/mol. The summed E-state index contributed by atoms with van der Waals surface area (Å²) < 4.78 is 1.73. The van der Waals surface area contributed by atoms with Gasteiger partial charge in [-0.05, 0) is 23.3 Å². The minimum Gasteiger partial charge on any atom is -0.342 e. The molecular formula is C18H19N3O2. The van der Waals surface area contributed by atoms with E-state index in [1.54, 1.807) is 23.4 Å². The van der Waals surface area contributed by atoms with Crippen molar-refractivity contribution >= 4 is 16.9 Å². The van der Waals surface area contributed by atoms with Crippen LogP contribution in [0.25, 0.3) is 11.0 Å². The molecule has 1 N–H and O–H groups in total. The number of imidazole rings is 1. The Hall–Kier alpha value is -2.82. The van der Waals surface area contributed by atoms with Crippen LogP contribution < -0.4 is 5.69 Å². The molecule has 5 heteroatoms. The molecule has 0 radical (unpaired) electrons. The Morgan fingerprint density at radius 1 is 1.09 bits per heavy atom. The summed E-state index contributed by atoms with van der Waals surface area (Å²) in [5.74, 6) is 0.0411. The molecule has 0 fully saturated rings. The van der Waals surface area contributed by atoms with Gasteiger partial charge in [0.1, 0.15) is 0 Å². The van der Waals surface area contributed by atoms with Crippen LogP contribution in [0, 0.1) is 0 Å². The lowest BCUT2D eigenvalue weighted by atomic mass is 10.1. The van der Waals surface area contributed by atoms with Crippen LogP contribution in [-0.4, -0.2) is 27.4 Å². The van der Waals surface area contributed by atoms with Crippen molar-refractivity contribution in [3.05, 3.63) is 70.1 Å². The zero-order valence-corrected chi connectivity index (χ0v) is 13.2. The number of carbonyl (C=O) groups excluding carboxylic acids is 1. The Morgan fingerprint density at radius 3 is 2.43 bits per heavy atom. The van der Waals surface area contributed by atoms with E-state index in [1.807, 2.05) is 48.5 Å². The molecule has 2 aromatic carbocycles.